The number of aryl methyl sites for hydroxylation is 1. The van der Waals surface area contributed by atoms with E-state index in [0.717, 1.165) is 11.4 Å². The Morgan fingerprint density at radius 2 is 1.60 bits per heavy atom. The molecular formula is C23H27N2+. The fraction of sp³-hybridized carbons (Fsp3) is 0.348. The molecular weight excluding hydrogens is 304 g/mol. The van der Waals surface area contributed by atoms with Gasteiger partial charge in [-0.15, -0.1) is 0 Å². The van der Waals surface area contributed by atoms with Gasteiger partial charge >= 0.3 is 0 Å². The van der Waals surface area contributed by atoms with Crippen LogP contribution in [0.2, 0.25) is 0 Å². The molecule has 0 atom stereocenters. The highest BCUT2D eigenvalue weighted by Crippen LogP contribution is 2.33. The molecule has 0 spiro atoms. The topological polar surface area (TPSA) is 8.81 Å². The summed E-state index contributed by atoms with van der Waals surface area (Å²) in [4.78, 5) is 0. The Morgan fingerprint density at radius 3 is 2.32 bits per heavy atom. The largest absolute Gasteiger partial charge is 0.249 e. The van der Waals surface area contributed by atoms with Crippen LogP contribution in [0.4, 0.5) is 0 Å². The Balaban J connectivity index is 1.97. The molecule has 1 aliphatic rings. The van der Waals surface area contributed by atoms with Crippen LogP contribution in [0.3, 0.4) is 0 Å². The van der Waals surface area contributed by atoms with Gasteiger partial charge in [0.2, 0.25) is 6.30 Å². The van der Waals surface area contributed by atoms with Crippen LogP contribution in [-0.2, 0) is 0 Å². The zero-order valence-electron chi connectivity index (χ0n) is 16.2. The number of benzene rings is 2. The van der Waals surface area contributed by atoms with Gasteiger partial charge < -0.3 is 0 Å². The summed E-state index contributed by atoms with van der Waals surface area (Å²) in [6.45, 7) is 4.29. The van der Waals surface area contributed by atoms with E-state index in [9.17, 15) is 0 Å². The maximum atomic E-state index is 9.05. The van der Waals surface area contributed by atoms with E-state index in [-0.39, 0.29) is 0 Å². The van der Waals surface area contributed by atoms with E-state index in [1.807, 2.05) is 0 Å². The quantitative estimate of drug-likeness (QED) is 0.556. The van der Waals surface area contributed by atoms with Crippen LogP contribution < -0.4 is 4.57 Å². The second-order valence-electron chi connectivity index (χ2n) is 7.18. The highest BCUT2D eigenvalue weighted by atomic mass is 15.2. The number of hydrogen-bond donors (Lipinski definition) is 0. The number of hydrogen-bond acceptors (Lipinski definition) is 0. The van der Waals surface area contributed by atoms with E-state index < -0.39 is 0 Å². The maximum absolute atomic E-state index is 9.05. The molecule has 1 fully saturated rings. The van der Waals surface area contributed by atoms with E-state index in [1.54, 1.807) is 0 Å². The molecule has 1 heterocycles. The minimum absolute atomic E-state index is 0.426. The number of aromatic nitrogens is 2. The predicted octanol–water partition coefficient (Wildman–Crippen LogP) is 5.55. The smallest absolute Gasteiger partial charge is 0.227 e. The second kappa shape index (κ2) is 6.87. The van der Waals surface area contributed by atoms with Crippen molar-refractivity contribution in [2.24, 2.45) is 0 Å². The van der Waals surface area contributed by atoms with Crippen molar-refractivity contribution >= 4 is 0 Å². The molecule has 1 aliphatic carbocycles. The highest BCUT2D eigenvalue weighted by molar-refractivity contribution is 5.61. The summed E-state index contributed by atoms with van der Waals surface area (Å²) >= 11 is 0. The maximum Gasteiger partial charge on any atom is 0.249 e. The third kappa shape index (κ3) is 3.02. The van der Waals surface area contributed by atoms with Crippen LogP contribution >= 0.6 is 0 Å². The van der Waals surface area contributed by atoms with Gasteiger partial charge in [0.1, 0.15) is 11.7 Å². The molecule has 3 aromatic rings. The zero-order chi connectivity index (χ0) is 18.1. The van der Waals surface area contributed by atoms with Gasteiger partial charge in [-0.1, -0.05) is 55.0 Å². The van der Waals surface area contributed by atoms with Gasteiger partial charge in [0.05, 0.1) is 0 Å². The normalized spacial score (nSPS) is 16.0. The van der Waals surface area contributed by atoms with Crippen LogP contribution in [0.1, 0.15) is 50.8 Å². The number of nitrogens with zero attached hydrogens (tertiary/aromatic N) is 2. The van der Waals surface area contributed by atoms with Crippen LogP contribution in [0.5, 0.6) is 0 Å². The molecule has 0 N–H and O–H groups in total. The van der Waals surface area contributed by atoms with Gasteiger partial charge in [0.25, 0.3) is 0 Å². The third-order valence-electron chi connectivity index (χ3n) is 5.47. The van der Waals surface area contributed by atoms with Crippen LogP contribution in [0.15, 0.2) is 60.9 Å². The van der Waals surface area contributed by atoms with Gasteiger partial charge in [0.15, 0.2) is 12.8 Å². The Bertz CT molecular complexity index is 905. The molecule has 1 saturated carbocycles. The van der Waals surface area contributed by atoms with Crippen LogP contribution in [0.25, 0.3) is 16.9 Å². The lowest BCUT2D eigenvalue weighted by atomic mass is 9.94. The predicted molar refractivity (Wildman–Crippen MR) is 103 cm³/mol. The summed E-state index contributed by atoms with van der Waals surface area (Å²) in [5, 5.41) is 0. The van der Waals surface area contributed by atoms with Crippen molar-refractivity contribution in [2.45, 2.75) is 52.0 Å². The second-order valence-corrected chi connectivity index (χ2v) is 7.18. The first kappa shape index (κ1) is 14.9. The van der Waals surface area contributed by atoms with Crippen molar-refractivity contribution in [3.63, 3.8) is 0 Å². The average molecular weight is 332 g/mol. The van der Waals surface area contributed by atoms with E-state index in [0.29, 0.717) is 12.3 Å². The van der Waals surface area contributed by atoms with Crippen molar-refractivity contribution in [2.75, 3.05) is 0 Å². The molecule has 128 valence electrons. The molecule has 0 aliphatic heterocycles. The molecule has 0 amide bonds. The van der Waals surface area contributed by atoms with Crippen molar-refractivity contribution in [1.29, 1.82) is 0 Å². The first-order valence-electron chi connectivity index (χ1n) is 9.93. The Hall–Kier alpha value is -2.35. The average Bonchev–Trinajstić information content (AvgIpc) is 2.94. The Kier molecular flexibility index (Phi) is 4.11. The van der Waals surface area contributed by atoms with E-state index in [2.05, 4.69) is 77.6 Å². The highest BCUT2D eigenvalue weighted by Gasteiger charge is 2.29. The molecule has 0 unspecified atom stereocenters. The lowest BCUT2D eigenvalue weighted by Gasteiger charge is -2.20. The summed E-state index contributed by atoms with van der Waals surface area (Å²) in [7, 11) is 0. The molecule has 2 aromatic carbocycles. The van der Waals surface area contributed by atoms with Gasteiger partial charge in [-0.25, -0.2) is 4.57 Å². The van der Waals surface area contributed by atoms with Gasteiger partial charge in [-0.2, -0.15) is 4.57 Å². The minimum Gasteiger partial charge on any atom is -0.227 e. The Labute approximate surface area is 152 Å². The SMILES string of the molecule is [2H]c1n(C2CCCCC2)c(-c2ccccc2)c(C)[n+]1-c1ccccc1C. The summed E-state index contributed by atoms with van der Waals surface area (Å²) in [5.41, 5.74) is 5.87. The molecule has 25 heavy (non-hydrogen) atoms. The first-order chi connectivity index (χ1) is 12.7. The first-order valence-corrected chi connectivity index (χ1v) is 9.43. The van der Waals surface area contributed by atoms with Gasteiger partial charge in [-0.3, -0.25) is 0 Å². The summed E-state index contributed by atoms with van der Waals surface area (Å²) in [6.07, 6.45) is 6.80. The molecule has 2 nitrogen and oxygen atoms in total. The Morgan fingerprint density at radius 1 is 0.920 bits per heavy atom. The van der Waals surface area contributed by atoms with Gasteiger partial charge in [-0.05, 0) is 44.2 Å². The number of para-hydroxylation sites is 1. The van der Waals surface area contributed by atoms with Crippen molar-refractivity contribution in [1.82, 2.24) is 4.57 Å². The van der Waals surface area contributed by atoms with Crippen molar-refractivity contribution in [3.8, 4) is 16.9 Å². The van der Waals surface area contributed by atoms with Crippen LogP contribution in [0, 0.1) is 13.8 Å². The molecule has 0 radical (unpaired) electrons. The van der Waals surface area contributed by atoms with Crippen LogP contribution in [-0.4, -0.2) is 4.57 Å². The minimum atomic E-state index is 0.426. The monoisotopic (exact) mass is 332 g/mol. The lowest BCUT2D eigenvalue weighted by Crippen LogP contribution is -2.32. The zero-order valence-corrected chi connectivity index (χ0v) is 15.2. The van der Waals surface area contributed by atoms with E-state index in [4.69, 9.17) is 1.37 Å². The molecule has 0 bridgehead atoms. The fourth-order valence-corrected chi connectivity index (χ4v) is 4.11. The standard InChI is InChI=1S/C23H27N2/c1-18-11-9-10-16-22(18)24-17-25(21-14-7-4-8-15-21)23(19(24)2)20-12-5-3-6-13-20/h3,5-6,9-13,16-17,21H,4,7-8,14-15H2,1-2H3/q+1/i17D. The van der Waals surface area contributed by atoms with E-state index >= 15 is 0 Å². The summed E-state index contributed by atoms with van der Waals surface area (Å²) in [5.74, 6) is 0. The third-order valence-corrected chi connectivity index (χ3v) is 5.47. The summed E-state index contributed by atoms with van der Waals surface area (Å²) in [6, 6.07) is 19.4. The molecule has 0 saturated heterocycles. The van der Waals surface area contributed by atoms with Gasteiger partial charge in [0, 0.05) is 12.5 Å². The fourth-order valence-electron chi connectivity index (χ4n) is 4.11. The summed E-state index contributed by atoms with van der Waals surface area (Å²) < 4.78 is 13.5. The van der Waals surface area contributed by atoms with Crippen molar-refractivity contribution < 1.29 is 5.94 Å². The molecule has 1 aromatic heterocycles. The molecule has 4 rings (SSSR count). The van der Waals surface area contributed by atoms with Crippen molar-refractivity contribution in [3.05, 3.63) is 72.2 Å². The number of rotatable bonds is 3. The number of imidazole rings is 1. The molecule has 2 heteroatoms. The van der Waals surface area contributed by atoms with E-state index in [1.165, 1.54) is 48.9 Å². The lowest BCUT2D eigenvalue weighted by molar-refractivity contribution is -0.602.